The second-order valence-corrected chi connectivity index (χ2v) is 11.2. The first-order valence-electron chi connectivity index (χ1n) is 11.2. The molecule has 0 saturated carbocycles. The van der Waals surface area contributed by atoms with Gasteiger partial charge in [-0.05, 0) is 51.0 Å². The number of rotatable bonds is 4. The van der Waals surface area contributed by atoms with Gasteiger partial charge in [0, 0.05) is 43.8 Å². The molecule has 11 heteroatoms. The summed E-state index contributed by atoms with van der Waals surface area (Å²) < 4.78 is 46.6. The molecule has 1 amide bonds. The third-order valence-corrected chi connectivity index (χ3v) is 7.71. The van der Waals surface area contributed by atoms with Gasteiger partial charge >= 0.3 is 7.05 Å². The molecule has 3 heterocycles. The van der Waals surface area contributed by atoms with Crippen molar-refractivity contribution in [2.75, 3.05) is 32.4 Å². The summed E-state index contributed by atoms with van der Waals surface area (Å²) in [6.07, 6.45) is 4.14. The van der Waals surface area contributed by atoms with Gasteiger partial charge in [-0.15, -0.1) is 0 Å². The summed E-state index contributed by atoms with van der Waals surface area (Å²) in [5.74, 6) is 0.165. The highest BCUT2D eigenvalue weighted by Crippen LogP contribution is 2.45. The van der Waals surface area contributed by atoms with E-state index in [1.807, 2.05) is 9.71 Å². The van der Waals surface area contributed by atoms with Crippen LogP contribution in [0.2, 0.25) is 6.82 Å². The third-order valence-electron chi connectivity index (χ3n) is 7.00. The number of amides is 1. The number of nitrogens with one attached hydrogen (secondary N) is 1. The van der Waals surface area contributed by atoms with Crippen molar-refractivity contribution in [2.45, 2.75) is 50.6 Å². The molecule has 1 spiro atoms. The normalized spacial score (nSPS) is 24.1. The van der Waals surface area contributed by atoms with Gasteiger partial charge in [0.05, 0.1) is 12.3 Å². The van der Waals surface area contributed by atoms with Crippen molar-refractivity contribution in [3.05, 3.63) is 29.6 Å². The van der Waals surface area contributed by atoms with Crippen LogP contribution in [0.4, 0.5) is 4.39 Å². The molecule has 4 rings (SSSR count). The van der Waals surface area contributed by atoms with Crippen LogP contribution in [0, 0.1) is 11.7 Å². The monoisotopic (exact) mass is 467 g/mol. The predicted molar refractivity (Wildman–Crippen MR) is 119 cm³/mol. The maximum absolute atomic E-state index is 13.8. The fourth-order valence-electron chi connectivity index (χ4n) is 5.22. The molecule has 2 fully saturated rings. The van der Waals surface area contributed by atoms with E-state index < -0.39 is 34.5 Å². The quantitative estimate of drug-likeness (QED) is 0.650. The molecule has 3 aliphatic rings. The highest BCUT2D eigenvalue weighted by atomic mass is 32.2. The summed E-state index contributed by atoms with van der Waals surface area (Å²) in [4.78, 5) is 16.9. The second-order valence-electron chi connectivity index (χ2n) is 9.38. The molecule has 32 heavy (non-hydrogen) atoms. The first-order chi connectivity index (χ1) is 15.1. The largest absolute Gasteiger partial charge is 0.487 e. The van der Waals surface area contributed by atoms with E-state index in [9.17, 15) is 22.6 Å². The van der Waals surface area contributed by atoms with Crippen LogP contribution in [-0.4, -0.2) is 74.1 Å². The number of hydrogen-bond acceptors (Lipinski definition) is 6. The Morgan fingerprint density at radius 1 is 1.25 bits per heavy atom. The fraction of sp³-hybridized carbons (Fsp3) is 0.667. The molecular weight excluding hydrogens is 436 g/mol. The number of fused-ring (bicyclic) bond motifs is 1. The molecule has 1 atom stereocenters. The molecule has 0 aliphatic carbocycles. The van der Waals surface area contributed by atoms with E-state index >= 15 is 0 Å². The Morgan fingerprint density at radius 3 is 2.50 bits per heavy atom. The molecule has 8 nitrogen and oxygen atoms in total. The number of halogens is 1. The zero-order chi connectivity index (χ0) is 23.1. The van der Waals surface area contributed by atoms with Crippen molar-refractivity contribution in [1.82, 2.24) is 14.4 Å². The topological polar surface area (TPSA) is 99.2 Å². The number of piperidine rings is 2. The predicted octanol–water partition coefficient (Wildman–Crippen LogP) is 1.38. The number of likely N-dealkylation sites (tertiary alicyclic amines) is 1. The van der Waals surface area contributed by atoms with E-state index in [0.717, 1.165) is 19.1 Å². The number of benzene rings is 1. The lowest BCUT2D eigenvalue weighted by Gasteiger charge is -2.47. The van der Waals surface area contributed by atoms with E-state index in [2.05, 4.69) is 4.72 Å². The average Bonchev–Trinajstić information content (AvgIpc) is 2.73. The van der Waals surface area contributed by atoms with Gasteiger partial charge in [-0.25, -0.2) is 17.5 Å². The summed E-state index contributed by atoms with van der Waals surface area (Å²) in [5.41, 5.74) is -0.0935. The zero-order valence-corrected chi connectivity index (χ0v) is 19.4. The Balaban J connectivity index is 1.43. The molecule has 176 valence electrons. The standard InChI is InChI=1S/C21H31BFN3O5S/c1-22(28)26-9-5-15(6-10-26)20(27)25-11-7-21(8-12-25)14-18(24-32(2,29)30)17-13-16(23)3-4-19(17)31-21/h3-4,13,15,18,24,28H,5-12,14H2,1-2H3. The highest BCUT2D eigenvalue weighted by Gasteiger charge is 2.45. The summed E-state index contributed by atoms with van der Waals surface area (Å²) >= 11 is 0. The van der Waals surface area contributed by atoms with Crippen LogP contribution in [-0.2, 0) is 14.8 Å². The minimum Gasteiger partial charge on any atom is -0.487 e. The van der Waals surface area contributed by atoms with Crippen LogP contribution in [0.5, 0.6) is 5.75 Å². The molecule has 0 aromatic heterocycles. The second kappa shape index (κ2) is 8.93. The maximum atomic E-state index is 13.8. The van der Waals surface area contributed by atoms with Gasteiger partial charge in [-0.3, -0.25) is 4.79 Å². The number of hydrogen-bond donors (Lipinski definition) is 2. The van der Waals surface area contributed by atoms with Crippen LogP contribution >= 0.6 is 0 Å². The Morgan fingerprint density at radius 2 is 1.91 bits per heavy atom. The first kappa shape index (κ1) is 23.5. The summed E-state index contributed by atoms with van der Waals surface area (Å²) in [5, 5.41) is 9.72. The number of carbonyl (C=O) groups excluding carboxylic acids is 1. The number of sulfonamides is 1. The number of carbonyl (C=O) groups is 1. The summed E-state index contributed by atoms with van der Waals surface area (Å²) in [7, 11) is -3.99. The Hall–Kier alpha value is -1.69. The van der Waals surface area contributed by atoms with Gasteiger partial charge in [0.15, 0.2) is 0 Å². The van der Waals surface area contributed by atoms with Crippen molar-refractivity contribution < 1.29 is 27.4 Å². The molecule has 1 aromatic rings. The fourth-order valence-corrected chi connectivity index (χ4v) is 5.95. The molecule has 3 aliphatic heterocycles. The van der Waals surface area contributed by atoms with Crippen LogP contribution in [0.3, 0.4) is 0 Å². The molecule has 2 N–H and O–H groups in total. The van der Waals surface area contributed by atoms with Crippen molar-refractivity contribution >= 4 is 23.0 Å². The Bertz CT molecular complexity index is 960. The smallest absolute Gasteiger partial charge is 0.376 e. The first-order valence-corrected chi connectivity index (χ1v) is 13.1. The Labute approximate surface area is 189 Å². The van der Waals surface area contributed by atoms with E-state index in [0.29, 0.717) is 56.8 Å². The van der Waals surface area contributed by atoms with Gasteiger partial charge in [0.25, 0.3) is 0 Å². The van der Waals surface area contributed by atoms with Crippen LogP contribution < -0.4 is 9.46 Å². The number of nitrogens with zero attached hydrogens (tertiary/aromatic N) is 2. The lowest BCUT2D eigenvalue weighted by Crippen LogP contribution is -2.55. The van der Waals surface area contributed by atoms with Gasteiger partial charge < -0.3 is 19.5 Å². The minimum absolute atomic E-state index is 0.0327. The zero-order valence-electron chi connectivity index (χ0n) is 18.6. The van der Waals surface area contributed by atoms with Crippen LogP contribution in [0.1, 0.15) is 43.7 Å². The summed E-state index contributed by atoms with van der Waals surface area (Å²) in [6.45, 7) is 4.24. The van der Waals surface area contributed by atoms with Crippen molar-refractivity contribution in [2.24, 2.45) is 5.92 Å². The van der Waals surface area contributed by atoms with Crippen molar-refractivity contribution in [1.29, 1.82) is 0 Å². The van der Waals surface area contributed by atoms with Gasteiger partial charge in [-0.1, -0.05) is 0 Å². The Kier molecular flexibility index (Phi) is 6.55. The SMILES string of the molecule is CB(O)N1CCC(C(=O)N2CCC3(CC2)CC(NS(C)(=O)=O)c2cc(F)ccc2O3)CC1. The van der Waals surface area contributed by atoms with E-state index in [-0.39, 0.29) is 11.8 Å². The van der Waals surface area contributed by atoms with E-state index in [1.165, 1.54) is 12.1 Å². The molecular formula is C21H31BFN3O5S. The molecule has 1 aromatic carbocycles. The molecule has 0 bridgehead atoms. The van der Waals surface area contributed by atoms with Crippen LogP contribution in [0.25, 0.3) is 0 Å². The number of ether oxygens (including phenoxy) is 1. The maximum Gasteiger partial charge on any atom is 0.376 e. The average molecular weight is 467 g/mol. The van der Waals surface area contributed by atoms with E-state index in [4.69, 9.17) is 4.74 Å². The highest BCUT2D eigenvalue weighted by molar-refractivity contribution is 7.88. The third kappa shape index (κ3) is 5.11. The molecule has 0 radical (unpaired) electrons. The van der Waals surface area contributed by atoms with Crippen molar-refractivity contribution in [3.8, 4) is 5.75 Å². The minimum atomic E-state index is -3.50. The van der Waals surface area contributed by atoms with Crippen molar-refractivity contribution in [3.63, 3.8) is 0 Å². The lowest BCUT2D eigenvalue weighted by molar-refractivity contribution is -0.141. The van der Waals surface area contributed by atoms with E-state index in [1.54, 1.807) is 12.9 Å². The van der Waals surface area contributed by atoms with Gasteiger partial charge in [0.1, 0.15) is 17.2 Å². The van der Waals surface area contributed by atoms with Gasteiger partial charge in [0.2, 0.25) is 15.9 Å². The molecule has 1 unspecified atom stereocenters. The van der Waals surface area contributed by atoms with Crippen LogP contribution in [0.15, 0.2) is 18.2 Å². The van der Waals surface area contributed by atoms with Gasteiger partial charge in [-0.2, -0.15) is 0 Å². The summed E-state index contributed by atoms with van der Waals surface area (Å²) in [6, 6.07) is 3.61. The lowest BCUT2D eigenvalue weighted by atomic mass is 9.79. The molecule has 2 saturated heterocycles.